The van der Waals surface area contributed by atoms with Crippen LogP contribution >= 0.6 is 35.0 Å². The highest BCUT2D eigenvalue weighted by Crippen LogP contribution is 2.32. The Morgan fingerprint density at radius 3 is 2.70 bits per heavy atom. The van der Waals surface area contributed by atoms with Gasteiger partial charge in [0.1, 0.15) is 11.5 Å². The van der Waals surface area contributed by atoms with Crippen molar-refractivity contribution in [3.8, 4) is 11.5 Å². The van der Waals surface area contributed by atoms with Gasteiger partial charge in [0.2, 0.25) is 0 Å². The molecule has 3 aromatic rings. The van der Waals surface area contributed by atoms with E-state index >= 15 is 0 Å². The summed E-state index contributed by atoms with van der Waals surface area (Å²) in [5.74, 6) is 2.88. The maximum atomic E-state index is 6.18. The molecule has 0 radical (unpaired) electrons. The summed E-state index contributed by atoms with van der Waals surface area (Å²) in [6.07, 6.45) is -0.313. The summed E-state index contributed by atoms with van der Waals surface area (Å²) in [4.78, 5) is 0. The minimum Gasteiger partial charge on any atom is -0.497 e. The highest BCUT2D eigenvalue weighted by atomic mass is 35.5. The Morgan fingerprint density at radius 2 is 1.96 bits per heavy atom. The number of nitrogens with zero attached hydrogens (tertiary/aromatic N) is 3. The van der Waals surface area contributed by atoms with Gasteiger partial charge in [-0.2, -0.15) is 0 Å². The fraction of sp³-hybridized carbons (Fsp3) is 0.263. The van der Waals surface area contributed by atoms with Gasteiger partial charge in [0.25, 0.3) is 0 Å². The Kier molecular flexibility index (Phi) is 6.52. The number of hydrogen-bond donors (Lipinski definition) is 0. The van der Waals surface area contributed by atoms with E-state index in [1.54, 1.807) is 37.1 Å². The van der Waals surface area contributed by atoms with E-state index in [-0.39, 0.29) is 6.10 Å². The number of benzene rings is 2. The van der Waals surface area contributed by atoms with Crippen molar-refractivity contribution < 1.29 is 9.47 Å². The lowest BCUT2D eigenvalue weighted by molar-refractivity contribution is 0.211. The average molecular weight is 424 g/mol. The van der Waals surface area contributed by atoms with E-state index in [1.807, 2.05) is 36.7 Å². The molecule has 27 heavy (non-hydrogen) atoms. The highest BCUT2D eigenvalue weighted by molar-refractivity contribution is 7.98. The van der Waals surface area contributed by atoms with Gasteiger partial charge in [-0.15, -0.1) is 10.2 Å². The lowest BCUT2D eigenvalue weighted by Gasteiger charge is -2.15. The van der Waals surface area contributed by atoms with Crippen LogP contribution in [0.5, 0.6) is 11.5 Å². The van der Waals surface area contributed by atoms with Gasteiger partial charge in [-0.25, -0.2) is 0 Å². The van der Waals surface area contributed by atoms with Crippen LogP contribution in [0.2, 0.25) is 10.0 Å². The molecule has 0 saturated heterocycles. The molecule has 0 bridgehead atoms. The summed E-state index contributed by atoms with van der Waals surface area (Å²) in [7, 11) is 3.59. The summed E-state index contributed by atoms with van der Waals surface area (Å²) in [5.41, 5.74) is 1.15. The second-order valence-corrected chi connectivity index (χ2v) is 7.66. The van der Waals surface area contributed by atoms with E-state index in [9.17, 15) is 0 Å². The number of rotatable bonds is 7. The monoisotopic (exact) mass is 423 g/mol. The lowest BCUT2D eigenvalue weighted by atomic mass is 10.2. The van der Waals surface area contributed by atoms with Gasteiger partial charge in [-0.05, 0) is 42.8 Å². The third-order valence-corrected chi connectivity index (χ3v) is 5.55. The summed E-state index contributed by atoms with van der Waals surface area (Å²) in [6.45, 7) is 1.91. The fourth-order valence-electron chi connectivity index (χ4n) is 2.53. The van der Waals surface area contributed by atoms with E-state index in [0.29, 0.717) is 21.6 Å². The predicted molar refractivity (Wildman–Crippen MR) is 109 cm³/mol. The second kappa shape index (κ2) is 8.87. The second-order valence-electron chi connectivity index (χ2n) is 5.87. The molecule has 0 fully saturated rings. The molecular weight excluding hydrogens is 405 g/mol. The SMILES string of the molecule is COc1cccc(CSc2nnc(C(C)Oc3ccc(Cl)cc3Cl)n2C)c1. The van der Waals surface area contributed by atoms with Gasteiger partial charge in [0, 0.05) is 17.8 Å². The Balaban J connectivity index is 1.68. The van der Waals surface area contributed by atoms with Crippen LogP contribution in [0.3, 0.4) is 0 Å². The van der Waals surface area contributed by atoms with Gasteiger partial charge in [0.15, 0.2) is 17.1 Å². The van der Waals surface area contributed by atoms with Crippen molar-refractivity contribution in [1.29, 1.82) is 0 Å². The zero-order chi connectivity index (χ0) is 19.4. The van der Waals surface area contributed by atoms with Crippen molar-refractivity contribution in [2.45, 2.75) is 23.9 Å². The van der Waals surface area contributed by atoms with Crippen LogP contribution in [-0.2, 0) is 12.8 Å². The molecule has 0 spiro atoms. The van der Waals surface area contributed by atoms with E-state index in [0.717, 1.165) is 22.2 Å². The highest BCUT2D eigenvalue weighted by Gasteiger charge is 2.18. The molecule has 5 nitrogen and oxygen atoms in total. The molecule has 0 aliphatic rings. The Morgan fingerprint density at radius 1 is 1.15 bits per heavy atom. The summed E-state index contributed by atoms with van der Waals surface area (Å²) in [5, 5.41) is 10.4. The van der Waals surface area contributed by atoms with Gasteiger partial charge in [-0.3, -0.25) is 0 Å². The van der Waals surface area contributed by atoms with Crippen molar-refractivity contribution in [2.75, 3.05) is 7.11 Å². The molecule has 2 aromatic carbocycles. The molecule has 1 heterocycles. The molecule has 0 aliphatic heterocycles. The van der Waals surface area contributed by atoms with Crippen molar-refractivity contribution in [2.24, 2.45) is 7.05 Å². The van der Waals surface area contributed by atoms with Crippen LogP contribution in [-0.4, -0.2) is 21.9 Å². The zero-order valence-corrected chi connectivity index (χ0v) is 17.5. The number of methoxy groups -OCH3 is 1. The number of aromatic nitrogens is 3. The van der Waals surface area contributed by atoms with Crippen LogP contribution in [0.1, 0.15) is 24.4 Å². The fourth-order valence-corrected chi connectivity index (χ4v) is 3.84. The summed E-state index contributed by atoms with van der Waals surface area (Å²) < 4.78 is 13.1. The molecule has 0 saturated carbocycles. The van der Waals surface area contributed by atoms with Gasteiger partial charge in [-0.1, -0.05) is 47.1 Å². The minimum atomic E-state index is -0.313. The maximum Gasteiger partial charge on any atom is 0.191 e. The maximum absolute atomic E-state index is 6.18. The molecule has 142 valence electrons. The molecule has 1 unspecified atom stereocenters. The first-order chi connectivity index (χ1) is 13.0. The number of hydrogen-bond acceptors (Lipinski definition) is 5. The molecule has 8 heteroatoms. The van der Waals surface area contributed by atoms with E-state index in [1.165, 1.54) is 0 Å². The summed E-state index contributed by atoms with van der Waals surface area (Å²) >= 11 is 13.7. The topological polar surface area (TPSA) is 49.2 Å². The molecule has 3 rings (SSSR count). The van der Waals surface area contributed by atoms with Gasteiger partial charge < -0.3 is 14.0 Å². The first-order valence-corrected chi connectivity index (χ1v) is 9.99. The predicted octanol–water partition coefficient (Wildman–Crippen LogP) is 5.56. The van der Waals surface area contributed by atoms with E-state index in [2.05, 4.69) is 16.3 Å². The van der Waals surface area contributed by atoms with Crippen LogP contribution in [0, 0.1) is 0 Å². The molecule has 1 atom stereocenters. The lowest BCUT2D eigenvalue weighted by Crippen LogP contribution is -2.10. The standard InChI is InChI=1S/C19H19Cl2N3O2S/c1-12(26-17-8-7-14(20)10-16(17)21)18-22-23-19(24(18)2)27-11-13-5-4-6-15(9-13)25-3/h4-10,12H,11H2,1-3H3. The Labute approximate surface area is 172 Å². The van der Waals surface area contributed by atoms with Crippen molar-refractivity contribution >= 4 is 35.0 Å². The molecule has 0 N–H and O–H groups in total. The molecular formula is C19H19Cl2N3O2S. The largest absolute Gasteiger partial charge is 0.497 e. The van der Waals surface area contributed by atoms with Gasteiger partial charge in [0.05, 0.1) is 12.1 Å². The van der Waals surface area contributed by atoms with Crippen LogP contribution in [0.15, 0.2) is 47.6 Å². The van der Waals surface area contributed by atoms with Crippen molar-refractivity contribution in [3.05, 3.63) is 63.9 Å². The molecule has 1 aromatic heterocycles. The average Bonchev–Trinajstić information content (AvgIpc) is 3.03. The smallest absolute Gasteiger partial charge is 0.191 e. The summed E-state index contributed by atoms with van der Waals surface area (Å²) in [6, 6.07) is 13.1. The quantitative estimate of drug-likeness (QED) is 0.465. The van der Waals surface area contributed by atoms with Gasteiger partial charge >= 0.3 is 0 Å². The van der Waals surface area contributed by atoms with Crippen LogP contribution < -0.4 is 9.47 Å². The first-order valence-electron chi connectivity index (χ1n) is 8.24. The normalized spacial score (nSPS) is 12.0. The minimum absolute atomic E-state index is 0.313. The van der Waals surface area contributed by atoms with E-state index in [4.69, 9.17) is 32.7 Å². The Hall–Kier alpha value is -1.89. The molecule has 0 aliphatic carbocycles. The first kappa shape index (κ1) is 19.9. The van der Waals surface area contributed by atoms with E-state index < -0.39 is 0 Å². The van der Waals surface area contributed by atoms with Crippen molar-refractivity contribution in [1.82, 2.24) is 14.8 Å². The van der Waals surface area contributed by atoms with Crippen molar-refractivity contribution in [3.63, 3.8) is 0 Å². The van der Waals surface area contributed by atoms with Crippen LogP contribution in [0.25, 0.3) is 0 Å². The third-order valence-electron chi connectivity index (χ3n) is 3.93. The number of thioether (sulfide) groups is 1. The Bertz CT molecular complexity index is 933. The van der Waals surface area contributed by atoms with Crippen LogP contribution in [0.4, 0.5) is 0 Å². The zero-order valence-electron chi connectivity index (χ0n) is 15.1. The number of halogens is 2. The molecule has 0 amide bonds. The number of ether oxygens (including phenoxy) is 2. The third kappa shape index (κ3) is 4.89.